The van der Waals surface area contributed by atoms with Gasteiger partial charge in [-0.05, 0) is 83.0 Å². The molecule has 0 aliphatic heterocycles. The number of hydrogen-bond donors (Lipinski definition) is 0. The fraction of sp³-hybridized carbons (Fsp3) is 0.500. The number of hydrogen-bond acceptors (Lipinski definition) is 0. The Hall–Kier alpha value is -2.60. The van der Waals surface area contributed by atoms with Gasteiger partial charge in [-0.15, -0.1) is 0 Å². The van der Waals surface area contributed by atoms with E-state index in [2.05, 4.69) is 160 Å². The Balaban J connectivity index is 1.82. The van der Waals surface area contributed by atoms with Crippen molar-refractivity contribution >= 4 is 0 Å². The van der Waals surface area contributed by atoms with Gasteiger partial charge in [-0.1, -0.05) is 160 Å². The van der Waals surface area contributed by atoms with Crippen molar-refractivity contribution in [1.29, 1.82) is 0 Å². The second-order valence-corrected chi connectivity index (χ2v) is 14.0. The minimum atomic E-state index is 0.345. The van der Waals surface area contributed by atoms with Crippen LogP contribution in [-0.2, 0) is 0 Å². The summed E-state index contributed by atoms with van der Waals surface area (Å²) in [5.41, 5.74) is 7.79. The molecule has 0 N–H and O–H groups in total. The standard InChI is InChI=1S/C40H58/c1-32(20-13-22-34(3)24-15-30-40(10)31-17-29-39(40,8)9)18-11-12-19-33(2)21-14-23-35(4)26-27-37-36(5)25-16-28-38(37,6)7/h11-15,18-27,37H,16-17,28-31H2,1-10H3/b12-11+,20-13+,21-14+,24-15+,27-26+,32-18+,33-19+,34-22+,35-23+/t37-,40-/m0/s1. The van der Waals surface area contributed by atoms with Crippen LogP contribution in [0.2, 0.25) is 0 Å². The first-order chi connectivity index (χ1) is 18.8. The molecule has 0 heteroatoms. The third-order valence-corrected chi connectivity index (χ3v) is 9.52. The molecule has 1 saturated carbocycles. The van der Waals surface area contributed by atoms with Gasteiger partial charge in [0.05, 0.1) is 0 Å². The Kier molecular flexibility index (Phi) is 12.9. The van der Waals surface area contributed by atoms with Crippen LogP contribution in [0.3, 0.4) is 0 Å². The van der Waals surface area contributed by atoms with Gasteiger partial charge in [0.25, 0.3) is 0 Å². The highest BCUT2D eigenvalue weighted by atomic mass is 14.5. The lowest BCUT2D eigenvalue weighted by Crippen LogP contribution is -2.28. The normalized spacial score (nSPS) is 26.9. The van der Waals surface area contributed by atoms with Gasteiger partial charge >= 0.3 is 0 Å². The van der Waals surface area contributed by atoms with Crippen molar-refractivity contribution < 1.29 is 0 Å². The van der Waals surface area contributed by atoms with Crippen LogP contribution in [0.4, 0.5) is 0 Å². The summed E-state index contributed by atoms with van der Waals surface area (Å²) in [5, 5.41) is 0. The van der Waals surface area contributed by atoms with Gasteiger partial charge in [0.15, 0.2) is 0 Å². The van der Waals surface area contributed by atoms with E-state index in [1.807, 2.05) is 0 Å². The molecule has 1 fully saturated rings. The molecule has 0 aromatic carbocycles. The summed E-state index contributed by atoms with van der Waals surface area (Å²) in [7, 11) is 0. The largest absolute Gasteiger partial charge is 0.0850 e. The molecule has 2 aliphatic carbocycles. The molecule has 0 amide bonds. The molecular weight excluding hydrogens is 480 g/mol. The maximum absolute atomic E-state index is 2.46. The van der Waals surface area contributed by atoms with Gasteiger partial charge in [-0.25, -0.2) is 0 Å². The van der Waals surface area contributed by atoms with E-state index in [0.29, 0.717) is 22.2 Å². The average Bonchev–Trinajstić information content (AvgIpc) is 3.12. The Bertz CT molecular complexity index is 1140. The Morgan fingerprint density at radius 1 is 0.700 bits per heavy atom. The molecule has 0 heterocycles. The molecule has 0 saturated heterocycles. The van der Waals surface area contributed by atoms with Gasteiger partial charge < -0.3 is 0 Å². The fourth-order valence-corrected chi connectivity index (χ4v) is 6.02. The van der Waals surface area contributed by atoms with E-state index in [0.717, 1.165) is 0 Å². The topological polar surface area (TPSA) is 0 Å². The second-order valence-electron chi connectivity index (χ2n) is 14.0. The van der Waals surface area contributed by atoms with Gasteiger partial charge in [-0.3, -0.25) is 0 Å². The van der Waals surface area contributed by atoms with Crippen LogP contribution in [0.15, 0.2) is 119 Å². The summed E-state index contributed by atoms with van der Waals surface area (Å²) in [6.45, 7) is 23.1. The van der Waals surface area contributed by atoms with Crippen LogP contribution in [0.5, 0.6) is 0 Å². The molecule has 218 valence electrons. The quantitative estimate of drug-likeness (QED) is 0.181. The van der Waals surface area contributed by atoms with Crippen molar-refractivity contribution in [3.05, 3.63) is 119 Å². The van der Waals surface area contributed by atoms with E-state index in [-0.39, 0.29) is 0 Å². The Morgan fingerprint density at radius 3 is 1.75 bits per heavy atom. The second kappa shape index (κ2) is 15.4. The van der Waals surface area contributed by atoms with Crippen LogP contribution in [0, 0.1) is 22.2 Å². The minimum Gasteiger partial charge on any atom is -0.0850 e. The van der Waals surface area contributed by atoms with Crippen LogP contribution in [0.25, 0.3) is 0 Å². The van der Waals surface area contributed by atoms with E-state index < -0.39 is 0 Å². The highest BCUT2D eigenvalue weighted by Gasteiger charge is 2.43. The zero-order valence-electron chi connectivity index (χ0n) is 27.5. The average molecular weight is 539 g/mol. The predicted molar refractivity (Wildman–Crippen MR) is 181 cm³/mol. The summed E-state index contributed by atoms with van der Waals surface area (Å²) >= 11 is 0. The van der Waals surface area contributed by atoms with Crippen LogP contribution in [-0.4, -0.2) is 0 Å². The first-order valence-corrected chi connectivity index (χ1v) is 15.5. The third kappa shape index (κ3) is 10.8. The lowest BCUT2D eigenvalue weighted by molar-refractivity contribution is 0.135. The summed E-state index contributed by atoms with van der Waals surface area (Å²) < 4.78 is 0. The van der Waals surface area contributed by atoms with Crippen LogP contribution in [0.1, 0.15) is 108 Å². The molecule has 40 heavy (non-hydrogen) atoms. The molecule has 0 aromatic heterocycles. The minimum absolute atomic E-state index is 0.345. The SMILES string of the molecule is CC1=CCCC(C)(C)[C@H]1/C=C/C(C)=C/C=C/C(C)=C/C=C/C=C(C)/C=C/C=C(C)/C=C/C[C@@]1(C)CCCC1(C)C. The summed E-state index contributed by atoms with van der Waals surface area (Å²) in [6, 6.07) is 0. The maximum Gasteiger partial charge on any atom is 0.00285 e. The zero-order valence-corrected chi connectivity index (χ0v) is 27.5. The molecule has 0 unspecified atom stereocenters. The van der Waals surface area contributed by atoms with E-state index in [9.17, 15) is 0 Å². The lowest BCUT2D eigenvalue weighted by Gasteiger charge is -2.37. The first kappa shape index (κ1) is 33.6. The molecule has 0 bridgehead atoms. The van der Waals surface area contributed by atoms with Crippen molar-refractivity contribution in [2.24, 2.45) is 22.2 Å². The number of rotatable bonds is 11. The molecule has 0 aromatic rings. The lowest BCUT2D eigenvalue weighted by atomic mass is 9.67. The van der Waals surface area contributed by atoms with Crippen molar-refractivity contribution in [3.8, 4) is 0 Å². The van der Waals surface area contributed by atoms with E-state index >= 15 is 0 Å². The van der Waals surface area contributed by atoms with Gasteiger partial charge in [0.1, 0.15) is 0 Å². The third-order valence-electron chi connectivity index (χ3n) is 9.52. The van der Waals surface area contributed by atoms with Gasteiger partial charge in [-0.2, -0.15) is 0 Å². The predicted octanol–water partition coefficient (Wildman–Crippen LogP) is 12.5. The van der Waals surface area contributed by atoms with E-state index in [4.69, 9.17) is 0 Å². The Morgan fingerprint density at radius 2 is 1.23 bits per heavy atom. The van der Waals surface area contributed by atoms with Crippen LogP contribution < -0.4 is 0 Å². The van der Waals surface area contributed by atoms with Crippen molar-refractivity contribution in [2.45, 2.75) is 108 Å². The van der Waals surface area contributed by atoms with Crippen molar-refractivity contribution in [3.63, 3.8) is 0 Å². The molecule has 2 atom stereocenters. The highest BCUT2D eigenvalue weighted by Crippen LogP contribution is 2.54. The monoisotopic (exact) mass is 538 g/mol. The van der Waals surface area contributed by atoms with Crippen molar-refractivity contribution in [2.75, 3.05) is 0 Å². The van der Waals surface area contributed by atoms with Gasteiger partial charge in [0.2, 0.25) is 0 Å². The highest BCUT2D eigenvalue weighted by molar-refractivity contribution is 5.32. The summed E-state index contributed by atoms with van der Waals surface area (Å²) in [6.07, 6.45) is 41.0. The van der Waals surface area contributed by atoms with Crippen LogP contribution >= 0.6 is 0 Å². The maximum atomic E-state index is 2.46. The molecule has 0 nitrogen and oxygen atoms in total. The fourth-order valence-electron chi connectivity index (χ4n) is 6.02. The number of allylic oxidation sites excluding steroid dienone is 20. The van der Waals surface area contributed by atoms with E-state index in [1.54, 1.807) is 0 Å². The summed E-state index contributed by atoms with van der Waals surface area (Å²) in [4.78, 5) is 0. The first-order valence-electron chi connectivity index (χ1n) is 15.5. The summed E-state index contributed by atoms with van der Waals surface area (Å²) in [5.74, 6) is 0.534. The zero-order chi connectivity index (χ0) is 29.8. The van der Waals surface area contributed by atoms with E-state index in [1.165, 1.54) is 66.4 Å². The smallest absolute Gasteiger partial charge is 0.00285 e. The van der Waals surface area contributed by atoms with Crippen molar-refractivity contribution in [1.82, 2.24) is 0 Å². The molecule has 0 radical (unpaired) electrons. The molecular formula is C40H58. The molecule has 2 aliphatic rings. The molecule has 2 rings (SSSR count). The Labute approximate surface area is 248 Å². The molecule has 0 spiro atoms. The van der Waals surface area contributed by atoms with Gasteiger partial charge in [0, 0.05) is 5.92 Å².